The first-order valence-corrected chi connectivity index (χ1v) is 6.17. The molecule has 1 amide bonds. The number of halogens is 3. The molecule has 1 heterocycles. The van der Waals surface area contributed by atoms with Crippen molar-refractivity contribution in [1.82, 2.24) is 4.90 Å². The minimum absolute atomic E-state index is 0.0891. The number of hydrogen-bond donors (Lipinski definition) is 2. The molecule has 2 rings (SSSR count). The standard InChI is InChI=1S/C13H15F3N2O2/c14-13(15,16)10-2-1-8-3-4-18(6-9(8)5-10)12(20)11(17)7-19/h1-2,5,11,19H,3-4,6-7,17H2/t11-/m1/s1. The fourth-order valence-electron chi connectivity index (χ4n) is 2.23. The summed E-state index contributed by atoms with van der Waals surface area (Å²) in [4.78, 5) is 13.2. The first kappa shape index (κ1) is 14.8. The molecule has 1 aliphatic heterocycles. The molecule has 1 aliphatic rings. The first-order valence-electron chi connectivity index (χ1n) is 6.17. The highest BCUT2D eigenvalue weighted by Crippen LogP contribution is 2.32. The minimum atomic E-state index is -4.40. The van der Waals surface area contributed by atoms with Gasteiger partial charge in [0.25, 0.3) is 0 Å². The number of nitrogens with two attached hydrogens (primary N) is 1. The molecule has 1 aromatic carbocycles. The van der Waals surface area contributed by atoms with Gasteiger partial charge >= 0.3 is 6.18 Å². The van der Waals surface area contributed by atoms with E-state index < -0.39 is 30.3 Å². The van der Waals surface area contributed by atoms with E-state index in [1.807, 2.05) is 0 Å². The van der Waals surface area contributed by atoms with Crippen molar-refractivity contribution in [2.24, 2.45) is 5.73 Å². The maximum absolute atomic E-state index is 12.7. The Morgan fingerprint density at radius 1 is 1.40 bits per heavy atom. The Morgan fingerprint density at radius 2 is 2.10 bits per heavy atom. The van der Waals surface area contributed by atoms with Gasteiger partial charge < -0.3 is 15.7 Å². The zero-order valence-corrected chi connectivity index (χ0v) is 10.7. The second-order valence-corrected chi connectivity index (χ2v) is 4.78. The van der Waals surface area contributed by atoms with Gasteiger partial charge in [0.15, 0.2) is 0 Å². The fraction of sp³-hybridized carbons (Fsp3) is 0.462. The zero-order chi connectivity index (χ0) is 14.9. The smallest absolute Gasteiger partial charge is 0.394 e. The molecule has 0 aliphatic carbocycles. The van der Waals surface area contributed by atoms with Crippen LogP contribution in [0.2, 0.25) is 0 Å². The van der Waals surface area contributed by atoms with E-state index in [9.17, 15) is 18.0 Å². The third-order valence-electron chi connectivity index (χ3n) is 3.37. The first-order chi connectivity index (χ1) is 9.32. The van der Waals surface area contributed by atoms with Gasteiger partial charge in [-0.05, 0) is 29.7 Å². The van der Waals surface area contributed by atoms with E-state index in [1.165, 1.54) is 11.0 Å². The number of alkyl halides is 3. The van der Waals surface area contributed by atoms with Crippen molar-refractivity contribution in [2.45, 2.75) is 25.2 Å². The quantitative estimate of drug-likeness (QED) is 0.850. The average molecular weight is 288 g/mol. The van der Waals surface area contributed by atoms with E-state index in [-0.39, 0.29) is 6.54 Å². The normalized spacial score (nSPS) is 16.8. The van der Waals surface area contributed by atoms with E-state index in [4.69, 9.17) is 10.8 Å². The second-order valence-electron chi connectivity index (χ2n) is 4.78. The summed E-state index contributed by atoms with van der Waals surface area (Å²) in [5.41, 5.74) is 6.00. The molecule has 1 atom stereocenters. The Balaban J connectivity index is 2.22. The van der Waals surface area contributed by atoms with Crippen molar-refractivity contribution in [1.29, 1.82) is 0 Å². The summed E-state index contributed by atoms with van der Waals surface area (Å²) in [6.45, 7) is 0.00145. The summed E-state index contributed by atoms with van der Waals surface area (Å²) in [5.74, 6) is -0.449. The highest BCUT2D eigenvalue weighted by molar-refractivity contribution is 5.82. The molecule has 0 spiro atoms. The fourth-order valence-corrected chi connectivity index (χ4v) is 2.23. The third-order valence-corrected chi connectivity index (χ3v) is 3.37. The number of fused-ring (bicyclic) bond motifs is 1. The topological polar surface area (TPSA) is 66.6 Å². The monoisotopic (exact) mass is 288 g/mol. The minimum Gasteiger partial charge on any atom is -0.394 e. The number of carbonyl (C=O) groups excluding carboxylic acids is 1. The lowest BCUT2D eigenvalue weighted by molar-refractivity contribution is -0.137. The van der Waals surface area contributed by atoms with Gasteiger partial charge in [0.2, 0.25) is 5.91 Å². The van der Waals surface area contributed by atoms with E-state index in [0.717, 1.165) is 17.7 Å². The van der Waals surface area contributed by atoms with Gasteiger partial charge in [-0.1, -0.05) is 6.07 Å². The molecule has 1 aromatic rings. The van der Waals surface area contributed by atoms with Gasteiger partial charge in [0.1, 0.15) is 6.04 Å². The van der Waals surface area contributed by atoms with E-state index in [0.29, 0.717) is 18.5 Å². The van der Waals surface area contributed by atoms with Crippen molar-refractivity contribution >= 4 is 5.91 Å². The Labute approximate surface area is 114 Å². The predicted octanol–water partition coefficient (Wildman–Crippen LogP) is 0.910. The Kier molecular flexibility index (Phi) is 4.01. The lowest BCUT2D eigenvalue weighted by Gasteiger charge is -2.31. The summed E-state index contributed by atoms with van der Waals surface area (Å²) < 4.78 is 38.0. The number of hydrogen-bond acceptors (Lipinski definition) is 3. The van der Waals surface area contributed by atoms with Gasteiger partial charge in [-0.25, -0.2) is 0 Å². The molecular formula is C13H15F3N2O2. The number of benzene rings is 1. The molecule has 20 heavy (non-hydrogen) atoms. The Bertz CT molecular complexity index is 517. The summed E-state index contributed by atoms with van der Waals surface area (Å²) in [5, 5.41) is 8.86. The summed E-state index contributed by atoms with van der Waals surface area (Å²) in [6, 6.07) is 2.54. The summed E-state index contributed by atoms with van der Waals surface area (Å²) >= 11 is 0. The molecule has 3 N–H and O–H groups in total. The van der Waals surface area contributed by atoms with E-state index >= 15 is 0 Å². The molecule has 0 saturated carbocycles. The highest BCUT2D eigenvalue weighted by Gasteiger charge is 2.32. The van der Waals surface area contributed by atoms with Crippen molar-refractivity contribution in [3.8, 4) is 0 Å². The molecule has 0 bridgehead atoms. The Hall–Kier alpha value is -1.60. The molecular weight excluding hydrogens is 273 g/mol. The number of rotatable bonds is 2. The van der Waals surface area contributed by atoms with Crippen LogP contribution in [0.3, 0.4) is 0 Å². The average Bonchev–Trinajstić information content (AvgIpc) is 2.43. The van der Waals surface area contributed by atoms with Crippen LogP contribution < -0.4 is 5.73 Å². The number of amides is 1. The number of carbonyl (C=O) groups is 1. The van der Waals surface area contributed by atoms with E-state index in [1.54, 1.807) is 0 Å². The van der Waals surface area contributed by atoms with Gasteiger partial charge in [0.05, 0.1) is 12.2 Å². The van der Waals surface area contributed by atoms with Crippen LogP contribution in [0, 0.1) is 0 Å². The lowest BCUT2D eigenvalue weighted by atomic mass is 9.97. The molecule has 0 radical (unpaired) electrons. The van der Waals surface area contributed by atoms with Crippen LogP contribution in [0.1, 0.15) is 16.7 Å². The molecule has 4 nitrogen and oxygen atoms in total. The van der Waals surface area contributed by atoms with Crippen molar-refractivity contribution in [3.05, 3.63) is 34.9 Å². The molecule has 0 unspecified atom stereocenters. The van der Waals surface area contributed by atoms with Crippen molar-refractivity contribution in [3.63, 3.8) is 0 Å². The van der Waals surface area contributed by atoms with Crippen molar-refractivity contribution in [2.75, 3.05) is 13.2 Å². The molecule has 0 saturated heterocycles. The largest absolute Gasteiger partial charge is 0.416 e. The van der Waals surface area contributed by atoms with Crippen LogP contribution in [-0.2, 0) is 23.9 Å². The lowest BCUT2D eigenvalue weighted by Crippen LogP contribution is -2.47. The second kappa shape index (κ2) is 5.41. The van der Waals surface area contributed by atoms with Crippen LogP contribution in [0.15, 0.2) is 18.2 Å². The SMILES string of the molecule is N[C@H](CO)C(=O)N1CCc2ccc(C(F)(F)F)cc2C1. The van der Waals surface area contributed by atoms with Gasteiger partial charge in [-0.2, -0.15) is 13.2 Å². The zero-order valence-electron chi connectivity index (χ0n) is 10.7. The number of aliphatic hydroxyl groups excluding tert-OH is 1. The van der Waals surface area contributed by atoms with Crippen LogP contribution in [0.4, 0.5) is 13.2 Å². The van der Waals surface area contributed by atoms with Crippen molar-refractivity contribution < 1.29 is 23.1 Å². The van der Waals surface area contributed by atoms with Gasteiger partial charge in [-0.15, -0.1) is 0 Å². The van der Waals surface area contributed by atoms with Gasteiger partial charge in [-0.3, -0.25) is 4.79 Å². The number of nitrogens with zero attached hydrogens (tertiary/aromatic N) is 1. The van der Waals surface area contributed by atoms with Crippen LogP contribution in [0.5, 0.6) is 0 Å². The maximum Gasteiger partial charge on any atom is 0.416 e. The Morgan fingerprint density at radius 3 is 2.70 bits per heavy atom. The van der Waals surface area contributed by atoms with Crippen LogP contribution >= 0.6 is 0 Å². The van der Waals surface area contributed by atoms with Crippen LogP contribution in [-0.4, -0.2) is 35.1 Å². The van der Waals surface area contributed by atoms with Gasteiger partial charge in [0, 0.05) is 13.1 Å². The highest BCUT2D eigenvalue weighted by atomic mass is 19.4. The molecule has 110 valence electrons. The summed E-state index contributed by atoms with van der Waals surface area (Å²) in [6.07, 6.45) is -3.92. The van der Waals surface area contributed by atoms with E-state index in [2.05, 4.69) is 0 Å². The third kappa shape index (κ3) is 2.94. The molecule has 7 heteroatoms. The molecule has 0 aromatic heterocycles. The van der Waals surface area contributed by atoms with Crippen LogP contribution in [0.25, 0.3) is 0 Å². The summed E-state index contributed by atoms with van der Waals surface area (Å²) in [7, 11) is 0. The molecule has 0 fully saturated rings. The predicted molar refractivity (Wildman–Crippen MR) is 65.6 cm³/mol. The number of aliphatic hydroxyl groups is 1. The maximum atomic E-state index is 12.7.